The summed E-state index contributed by atoms with van der Waals surface area (Å²) in [6.45, 7) is 3.05. The normalized spacial score (nSPS) is 15.5. The lowest BCUT2D eigenvalue weighted by Crippen LogP contribution is -2.24. The van der Waals surface area contributed by atoms with Gasteiger partial charge in [-0.2, -0.15) is 10.5 Å². The lowest BCUT2D eigenvalue weighted by Gasteiger charge is -2.31. The fourth-order valence-electron chi connectivity index (χ4n) is 12.7. The average molecular weight is 1790 g/mol. The van der Waals surface area contributed by atoms with Gasteiger partial charge in [0.15, 0.2) is 10.9 Å². The molecule has 28 heteroatoms. The van der Waals surface area contributed by atoms with Gasteiger partial charge in [0.1, 0.15) is 73.9 Å². The number of nitrogens with two attached hydrogens (primary N) is 5. The quantitative estimate of drug-likeness (QED) is 0.0232. The van der Waals surface area contributed by atoms with Crippen LogP contribution >= 0.6 is 63.7 Å². The Kier molecular flexibility index (Phi) is 29.9. The molecule has 1 amide bonds. The highest BCUT2D eigenvalue weighted by Crippen LogP contribution is 2.43. The molecule has 6 aromatic carbocycles. The maximum Gasteiger partial charge on any atom is 0.238 e. The number of aliphatic hydroxyl groups excluding tert-OH is 1. The summed E-state index contributed by atoms with van der Waals surface area (Å²) in [5, 5.41) is 40.8. The van der Waals surface area contributed by atoms with Crippen LogP contribution < -0.4 is 34.0 Å². The zero-order valence-electron chi connectivity index (χ0n) is 60.4. The number of carbonyl (C=O) groups is 2. The minimum absolute atomic E-state index is 0.0287. The van der Waals surface area contributed by atoms with E-state index < -0.39 is 44.7 Å². The Hall–Kier alpha value is -8.61. The summed E-state index contributed by atoms with van der Waals surface area (Å²) in [7, 11) is -3.66. The molecule has 14 rings (SSSR count). The first-order valence-corrected chi connectivity index (χ1v) is 40.7. The molecule has 14 N–H and O–H groups in total. The number of ketones is 1. The number of anilines is 6. The molecule has 3 heterocycles. The Balaban J connectivity index is 0.000000161. The van der Waals surface area contributed by atoms with Crippen LogP contribution in [0.15, 0.2) is 155 Å². The SMILES string of the molecule is CC(C)(O)c1coc(S(=N)(=O)CC(=O)Nc2c(CC3CCC3)cc(F)cc2-c2ccnc(C#N)c2)c1.N#Cc1cc(-c2cc(F)cc(CC3CCC3)c2N)ccn1.Nc1c(Br)cc(F)cc1C(=O)C1CCC1.Nc1c(Br)cc(F)cc1C(O)C1CCC1.Nc1c(Br)cc(F)cc1CC1CCC1.Nc1ccc(F)cc1Br. The largest absolute Gasteiger partial charge is 0.454 e. The summed E-state index contributed by atoms with van der Waals surface area (Å²) < 4.78 is 109. The summed E-state index contributed by atoms with van der Waals surface area (Å²) in [6, 6.07) is 29.6. The maximum atomic E-state index is 14.7. The van der Waals surface area contributed by atoms with Gasteiger partial charge in [0, 0.05) is 87.1 Å². The number of nitrogens with one attached hydrogen (secondary N) is 2. The van der Waals surface area contributed by atoms with Crippen molar-refractivity contribution in [3.05, 3.63) is 225 Å². The van der Waals surface area contributed by atoms with E-state index in [0.29, 0.717) is 121 Å². The van der Waals surface area contributed by atoms with Crippen LogP contribution in [0.2, 0.25) is 0 Å². The number of halogens is 10. The third kappa shape index (κ3) is 23.0. The first-order valence-electron chi connectivity index (χ1n) is 35.8. The number of nitrogen functional groups attached to an aromatic ring is 5. The van der Waals surface area contributed by atoms with E-state index >= 15 is 0 Å². The van der Waals surface area contributed by atoms with E-state index in [1.165, 1.54) is 150 Å². The lowest BCUT2D eigenvalue weighted by atomic mass is 9.78. The molecule has 5 saturated carbocycles. The van der Waals surface area contributed by atoms with E-state index in [2.05, 4.69) is 79.0 Å². The highest BCUT2D eigenvalue weighted by Gasteiger charge is 2.32. The van der Waals surface area contributed by atoms with Crippen LogP contribution in [0.3, 0.4) is 0 Å². The maximum absolute atomic E-state index is 14.7. The molecule has 17 nitrogen and oxygen atoms in total. The van der Waals surface area contributed by atoms with Crippen molar-refractivity contribution in [3.63, 3.8) is 0 Å². The number of furan rings is 1. The summed E-state index contributed by atoms with van der Waals surface area (Å²) in [5.41, 5.74) is 37.0. The monoisotopic (exact) mass is 1780 g/mol. The summed E-state index contributed by atoms with van der Waals surface area (Å²) >= 11 is 12.7. The number of nitrogens with zero attached hydrogens (tertiary/aromatic N) is 4. The van der Waals surface area contributed by atoms with Crippen molar-refractivity contribution in [1.82, 2.24) is 9.97 Å². The Morgan fingerprint density at radius 2 is 1.04 bits per heavy atom. The molecule has 110 heavy (non-hydrogen) atoms. The third-order valence-electron chi connectivity index (χ3n) is 20.2. The van der Waals surface area contributed by atoms with E-state index in [-0.39, 0.29) is 51.7 Å². The Labute approximate surface area is 669 Å². The minimum Gasteiger partial charge on any atom is -0.454 e. The van der Waals surface area contributed by atoms with Crippen molar-refractivity contribution < 1.29 is 54.8 Å². The fourth-order valence-corrected chi connectivity index (χ4v) is 15.5. The van der Waals surface area contributed by atoms with E-state index in [9.17, 15) is 55.6 Å². The van der Waals surface area contributed by atoms with Gasteiger partial charge in [-0.25, -0.2) is 45.3 Å². The summed E-state index contributed by atoms with van der Waals surface area (Å²) in [6.07, 6.45) is 22.4. The van der Waals surface area contributed by atoms with Gasteiger partial charge in [0.2, 0.25) is 5.91 Å². The summed E-state index contributed by atoms with van der Waals surface area (Å²) in [5.74, 6) is -1.50. The number of amides is 1. The molecule has 3 aromatic heterocycles. The van der Waals surface area contributed by atoms with Gasteiger partial charge < -0.3 is 48.6 Å². The number of rotatable bonds is 17. The molecule has 5 aliphatic rings. The fraction of sp³-hybridized carbons (Fsp3) is 0.341. The number of carbonyl (C=O) groups excluding carboxylic acids is 2. The Morgan fingerprint density at radius 3 is 1.51 bits per heavy atom. The predicted molar refractivity (Wildman–Crippen MR) is 431 cm³/mol. The van der Waals surface area contributed by atoms with E-state index in [1.54, 1.807) is 30.5 Å². The number of Topliss-reactive ketones (excluding diaryl/α,β-unsaturated/α-hetero) is 1. The van der Waals surface area contributed by atoms with Gasteiger partial charge in [-0.3, -0.25) is 9.59 Å². The molecule has 2 atom stereocenters. The molecule has 9 aromatic rings. The molecular weight excluding hydrogens is 1700 g/mol. The van der Waals surface area contributed by atoms with Crippen LogP contribution in [0, 0.1) is 91.9 Å². The van der Waals surface area contributed by atoms with Crippen molar-refractivity contribution in [2.24, 2.45) is 29.6 Å². The van der Waals surface area contributed by atoms with Crippen molar-refractivity contribution in [2.45, 2.75) is 146 Å². The Bertz CT molecular complexity index is 5020. The van der Waals surface area contributed by atoms with Gasteiger partial charge in [0.05, 0.1) is 35.0 Å². The summed E-state index contributed by atoms with van der Waals surface area (Å²) in [4.78, 5) is 32.8. The first kappa shape index (κ1) is 85.4. The van der Waals surface area contributed by atoms with Crippen molar-refractivity contribution in [3.8, 4) is 34.4 Å². The molecule has 580 valence electrons. The van der Waals surface area contributed by atoms with Crippen molar-refractivity contribution in [1.29, 1.82) is 15.3 Å². The topological polar surface area (TPSA) is 344 Å². The van der Waals surface area contributed by atoms with Gasteiger partial charge in [-0.05, 0) is 277 Å². The second-order valence-corrected chi connectivity index (χ2v) is 34.1. The van der Waals surface area contributed by atoms with E-state index in [1.807, 2.05) is 12.1 Å². The number of hydrogen-bond donors (Lipinski definition) is 9. The van der Waals surface area contributed by atoms with Crippen LogP contribution in [-0.4, -0.2) is 41.8 Å². The molecule has 0 saturated heterocycles. The van der Waals surface area contributed by atoms with Gasteiger partial charge in [-0.15, -0.1) is 0 Å². The molecule has 2 unspecified atom stereocenters. The second-order valence-electron chi connectivity index (χ2n) is 28.7. The average Bonchev–Trinajstić information content (AvgIpc) is 1.55. The Morgan fingerprint density at radius 1 is 0.582 bits per heavy atom. The molecule has 0 spiro atoms. The third-order valence-corrected chi connectivity index (χ3v) is 24.4. The van der Waals surface area contributed by atoms with Crippen molar-refractivity contribution >= 4 is 119 Å². The number of nitriles is 2. The highest BCUT2D eigenvalue weighted by atomic mass is 79.9. The molecule has 0 radical (unpaired) electrons. The smallest absolute Gasteiger partial charge is 0.238 e. The van der Waals surface area contributed by atoms with Crippen LogP contribution in [0.1, 0.15) is 166 Å². The first-order chi connectivity index (χ1) is 52.2. The number of benzene rings is 6. The molecule has 0 aliphatic heterocycles. The standard InChI is InChI=1S/C26H27FN4O4S.C17H16FN3.C11H13BrFNO.C11H11BrFNO.C11H13BrFN.C6H5BrFN/c1-26(2,33)19-11-24(35-14-19)36(29,34)15-23(32)31-25-18(8-16-4-3-5-16)9-20(27)12-22(25)17-6-7-30-21(10-17)13-28;18-14-7-13(6-11-2-1-3-11)17(20)16(9-14)12-4-5-21-15(8-12)10-19;2*12-9-5-7(13)4-8(10(9)14)11(15)6-2-1-3-6;12-10-6-9(13)5-8(11(10)14)4-7-2-1-3-7;7-5-3-4(8)1-2-6(5)9/h6-7,9-12,14,16,29,33H,3-5,8,15H2,1-2H3,(H,31,32);4-5,7-9,11H,1-3,6,20H2;4-6,11,15H,1-3,14H2;4-6H,1-3,14H2;5-7H,1-4,14H2;1-3H,9H2. The zero-order chi connectivity index (χ0) is 79.9. The highest BCUT2D eigenvalue weighted by molar-refractivity contribution is 9.11. The zero-order valence-corrected chi connectivity index (χ0v) is 67.6. The lowest BCUT2D eigenvalue weighted by molar-refractivity contribution is -0.113. The number of aromatic nitrogens is 2. The van der Waals surface area contributed by atoms with Crippen LogP contribution in [0.4, 0.5) is 60.5 Å². The van der Waals surface area contributed by atoms with E-state index in [0.717, 1.165) is 87.3 Å². The minimum atomic E-state index is -3.66. The van der Waals surface area contributed by atoms with Crippen LogP contribution in [0.5, 0.6) is 0 Å². The second kappa shape index (κ2) is 38.5. The number of aliphatic hydroxyl groups is 2. The molecule has 5 aliphatic carbocycles. The van der Waals surface area contributed by atoms with Gasteiger partial charge in [0.25, 0.3) is 0 Å². The van der Waals surface area contributed by atoms with Crippen LogP contribution in [0.25, 0.3) is 22.3 Å². The van der Waals surface area contributed by atoms with Gasteiger partial charge >= 0.3 is 0 Å². The molecule has 5 fully saturated rings. The van der Waals surface area contributed by atoms with Gasteiger partial charge in [-0.1, -0.05) is 70.6 Å². The number of hydrogen-bond acceptors (Lipinski definition) is 16. The number of pyridine rings is 2. The molecular formula is C82H85Br4F6N11O6S. The molecule has 0 bridgehead atoms. The van der Waals surface area contributed by atoms with Crippen molar-refractivity contribution in [2.75, 3.05) is 39.7 Å². The van der Waals surface area contributed by atoms with Crippen LogP contribution in [-0.2, 0) is 39.4 Å². The predicted octanol–water partition coefficient (Wildman–Crippen LogP) is 20.5. The van der Waals surface area contributed by atoms with E-state index in [4.69, 9.17) is 43.1 Å².